The number of pyridine rings is 1. The van der Waals surface area contributed by atoms with Crippen LogP contribution in [0.2, 0.25) is 0 Å². The summed E-state index contributed by atoms with van der Waals surface area (Å²) in [6.45, 7) is 8.71. The van der Waals surface area contributed by atoms with Crippen molar-refractivity contribution in [1.29, 1.82) is 0 Å². The van der Waals surface area contributed by atoms with Crippen LogP contribution in [0.25, 0.3) is 22.2 Å². The third-order valence-corrected chi connectivity index (χ3v) is 13.3. The summed E-state index contributed by atoms with van der Waals surface area (Å²) in [6.07, 6.45) is 17.9. The summed E-state index contributed by atoms with van der Waals surface area (Å²) in [5.74, 6) is 6.29. The van der Waals surface area contributed by atoms with Crippen molar-refractivity contribution in [2.45, 2.75) is 111 Å². The van der Waals surface area contributed by atoms with Gasteiger partial charge in [-0.3, -0.25) is 9.78 Å². The number of hydrogen-bond donors (Lipinski definition) is 1. The Morgan fingerprint density at radius 2 is 1.38 bits per heavy atom. The Balaban J connectivity index is 0.000000150. The molecule has 0 unspecified atom stereocenters. The molecule has 3 nitrogen and oxygen atoms in total. The summed E-state index contributed by atoms with van der Waals surface area (Å²) in [5.41, 5.74) is 6.83. The first-order valence-corrected chi connectivity index (χ1v) is 18.9. The van der Waals surface area contributed by atoms with Crippen molar-refractivity contribution in [2.24, 2.45) is 52.3 Å². The first kappa shape index (κ1) is 34.2. The number of aliphatic hydroxyl groups is 1. The molecule has 0 saturated heterocycles. The van der Waals surface area contributed by atoms with Crippen LogP contribution in [0.4, 0.5) is 0 Å². The van der Waals surface area contributed by atoms with E-state index >= 15 is 0 Å². The van der Waals surface area contributed by atoms with Gasteiger partial charge in [-0.1, -0.05) is 52.0 Å². The molecule has 3 aromatic rings. The van der Waals surface area contributed by atoms with Gasteiger partial charge in [0.15, 0.2) is 5.78 Å². The fraction of sp³-hybridized carbons (Fsp3) is 0.591. The van der Waals surface area contributed by atoms with E-state index in [1.807, 2.05) is 0 Å². The van der Waals surface area contributed by atoms with Gasteiger partial charge in [0, 0.05) is 42.4 Å². The van der Waals surface area contributed by atoms with E-state index in [9.17, 15) is 9.90 Å². The number of rotatable bonds is 6. The molecule has 1 heterocycles. The Morgan fingerprint density at radius 1 is 0.833 bits per heavy atom. The molecule has 2 aromatic carbocycles. The normalized spacial score (nSPS) is 34.2. The van der Waals surface area contributed by atoms with E-state index in [1.54, 1.807) is 6.08 Å². The van der Waals surface area contributed by atoms with Gasteiger partial charge in [-0.2, -0.15) is 0 Å². The Labute approximate surface area is 302 Å². The van der Waals surface area contributed by atoms with Crippen molar-refractivity contribution in [2.75, 3.05) is 0 Å². The number of fused-ring (bicyclic) bond motifs is 1. The molecule has 1 N–H and O–H groups in total. The van der Waals surface area contributed by atoms with Crippen LogP contribution in [0, 0.1) is 72.2 Å². The van der Waals surface area contributed by atoms with Crippen LogP contribution in [-0.4, -0.2) is 15.9 Å². The van der Waals surface area contributed by atoms with Gasteiger partial charge in [0.1, 0.15) is 5.76 Å². The van der Waals surface area contributed by atoms with Crippen molar-refractivity contribution in [3.63, 3.8) is 0 Å². The predicted molar refractivity (Wildman–Crippen MR) is 191 cm³/mol. The fourth-order valence-corrected chi connectivity index (χ4v) is 12.3. The topological polar surface area (TPSA) is 50.2 Å². The number of carbonyl (C=O) groups excluding carboxylic acids is 1. The minimum absolute atomic E-state index is 0. The summed E-state index contributed by atoms with van der Waals surface area (Å²) < 4.78 is 0. The summed E-state index contributed by atoms with van der Waals surface area (Å²) in [5, 5.41) is 12.4. The summed E-state index contributed by atoms with van der Waals surface area (Å²) in [4.78, 5) is 18.2. The van der Waals surface area contributed by atoms with Crippen LogP contribution in [-0.2, 0) is 31.3 Å². The van der Waals surface area contributed by atoms with Crippen molar-refractivity contribution in [1.82, 2.24) is 4.98 Å². The Bertz CT molecular complexity index is 1630. The van der Waals surface area contributed by atoms with E-state index in [0.29, 0.717) is 17.5 Å². The molecule has 8 aliphatic carbocycles. The van der Waals surface area contributed by atoms with Gasteiger partial charge in [-0.25, -0.2) is 0 Å². The molecule has 8 aliphatic rings. The van der Waals surface area contributed by atoms with Crippen molar-refractivity contribution < 1.29 is 30.0 Å². The number of aliphatic hydroxyl groups excluding tert-OH is 1. The molecule has 48 heavy (non-hydrogen) atoms. The second kappa shape index (κ2) is 13.1. The first-order valence-electron chi connectivity index (χ1n) is 18.9. The predicted octanol–water partition coefficient (Wildman–Crippen LogP) is 10.9. The zero-order chi connectivity index (χ0) is 32.5. The Kier molecular flexibility index (Phi) is 9.34. The summed E-state index contributed by atoms with van der Waals surface area (Å²) in [7, 11) is 0. The molecule has 0 atom stereocenters. The molecule has 0 spiro atoms. The monoisotopic (exact) mass is 821 g/mol. The number of carbonyl (C=O) groups is 1. The molecule has 0 aliphatic heterocycles. The Hall–Kier alpha value is -2.29. The van der Waals surface area contributed by atoms with Crippen LogP contribution < -0.4 is 0 Å². The SMILES string of the molecule is Cc1[c-]c(-c2ccc3c(CC(C)C)cccc3n2)cc(C)c1.O=C(/C=C(\O)C12CC3CC(CC(C3)C1)C2)C12CC3CC(CC(C3)C1)C2.[Ir]. The largest absolute Gasteiger partial charge is 0.512 e. The molecule has 257 valence electrons. The average Bonchev–Trinajstić information content (AvgIpc) is 2.99. The molecule has 11 rings (SSSR count). The van der Waals surface area contributed by atoms with E-state index in [-0.39, 0.29) is 30.9 Å². The maximum absolute atomic E-state index is 13.4. The van der Waals surface area contributed by atoms with Crippen LogP contribution in [0.3, 0.4) is 0 Å². The molecule has 8 fully saturated rings. The molecule has 8 saturated carbocycles. The summed E-state index contributed by atoms with van der Waals surface area (Å²) in [6, 6.07) is 18.5. The van der Waals surface area contributed by atoms with Crippen LogP contribution in [0.5, 0.6) is 0 Å². The van der Waals surface area contributed by atoms with E-state index in [2.05, 4.69) is 76.2 Å². The summed E-state index contributed by atoms with van der Waals surface area (Å²) >= 11 is 0. The number of hydrogen-bond acceptors (Lipinski definition) is 3. The zero-order valence-electron chi connectivity index (χ0n) is 29.5. The van der Waals surface area contributed by atoms with E-state index in [4.69, 9.17) is 4.98 Å². The standard InChI is InChI=1S/C23H32O2.C21H22N.Ir/c24-20(22-8-14-1-15(9-22)3-16(2-14)10-22)7-21(25)23-11-17-4-18(12-23)6-19(5-17)13-23;1-14(2)10-17-6-5-7-21-19(17)8-9-20(22-21)18-12-15(3)11-16(4)13-18;/h7,14-19,24H,1-6,8-13H2;5-9,11-12,14H,10H2,1-4H3;/q;-1;/b20-7-;;. The molecular formula is C44H54IrNO2-. The molecule has 1 radical (unpaired) electrons. The number of allylic oxidation sites excluding steroid dienone is 2. The van der Waals surface area contributed by atoms with Crippen molar-refractivity contribution in [3.8, 4) is 11.3 Å². The van der Waals surface area contributed by atoms with Crippen molar-refractivity contribution >= 4 is 16.7 Å². The quantitative estimate of drug-likeness (QED) is 0.153. The average molecular weight is 821 g/mol. The zero-order valence-corrected chi connectivity index (χ0v) is 31.9. The number of ketones is 1. The second-order valence-corrected chi connectivity index (χ2v) is 17.8. The van der Waals surface area contributed by atoms with Gasteiger partial charge in [0.05, 0.1) is 5.52 Å². The molecular weight excluding hydrogens is 767 g/mol. The van der Waals surface area contributed by atoms with Crippen LogP contribution >= 0.6 is 0 Å². The van der Waals surface area contributed by atoms with Gasteiger partial charge >= 0.3 is 0 Å². The molecule has 8 bridgehead atoms. The van der Waals surface area contributed by atoms with Gasteiger partial charge in [0.2, 0.25) is 0 Å². The second-order valence-electron chi connectivity index (χ2n) is 17.8. The van der Waals surface area contributed by atoms with Crippen LogP contribution in [0.15, 0.2) is 54.3 Å². The first-order chi connectivity index (χ1) is 22.5. The van der Waals surface area contributed by atoms with Gasteiger partial charge in [-0.05, 0) is 142 Å². The minimum atomic E-state index is -0.0922. The third kappa shape index (κ3) is 6.51. The molecule has 1 aromatic heterocycles. The van der Waals surface area contributed by atoms with E-state index in [0.717, 1.165) is 103 Å². The third-order valence-electron chi connectivity index (χ3n) is 13.3. The number of benzene rings is 2. The van der Waals surface area contributed by atoms with Crippen molar-refractivity contribution in [3.05, 3.63) is 77.1 Å². The maximum Gasteiger partial charge on any atom is 0.165 e. The van der Waals surface area contributed by atoms with Crippen LogP contribution in [0.1, 0.15) is 108 Å². The van der Waals surface area contributed by atoms with Gasteiger partial charge in [-0.15, -0.1) is 34.9 Å². The van der Waals surface area contributed by atoms with Gasteiger partial charge < -0.3 is 5.11 Å². The number of aromatic nitrogens is 1. The van der Waals surface area contributed by atoms with E-state index < -0.39 is 0 Å². The van der Waals surface area contributed by atoms with E-state index in [1.165, 1.54) is 55.0 Å². The van der Waals surface area contributed by atoms with Gasteiger partial charge in [0.25, 0.3) is 0 Å². The smallest absolute Gasteiger partial charge is 0.165 e. The minimum Gasteiger partial charge on any atom is -0.512 e. The Morgan fingerprint density at radius 3 is 1.90 bits per heavy atom. The maximum atomic E-state index is 13.4. The number of aryl methyl sites for hydroxylation is 2. The fourth-order valence-electron chi connectivity index (χ4n) is 12.3. The molecule has 4 heteroatoms. The number of nitrogens with zero attached hydrogens (tertiary/aromatic N) is 1. The molecule has 0 amide bonds.